The van der Waals surface area contributed by atoms with Crippen LogP contribution in [0.15, 0.2) is 18.2 Å². The fraction of sp³-hybridized carbons (Fsp3) is 0.500. The summed E-state index contributed by atoms with van der Waals surface area (Å²) in [5, 5.41) is 3.32. The number of benzene rings is 1. The number of terminal acetylenes is 1. The Balaban J connectivity index is 3.18. The Morgan fingerprint density at radius 3 is 2.74 bits per heavy atom. The van der Waals surface area contributed by atoms with Gasteiger partial charge in [0.15, 0.2) is 0 Å². The molecule has 0 amide bonds. The first kappa shape index (κ1) is 15.5. The van der Waals surface area contributed by atoms with E-state index in [1.54, 1.807) is 6.07 Å². The van der Waals surface area contributed by atoms with Gasteiger partial charge in [0.25, 0.3) is 0 Å². The summed E-state index contributed by atoms with van der Waals surface area (Å²) in [4.78, 5) is 1.94. The zero-order valence-electron chi connectivity index (χ0n) is 12.0. The van der Waals surface area contributed by atoms with Gasteiger partial charge in [-0.2, -0.15) is 0 Å². The minimum Gasteiger partial charge on any atom is -0.358 e. The summed E-state index contributed by atoms with van der Waals surface area (Å²) in [5.41, 5.74) is 1.60. The van der Waals surface area contributed by atoms with Crippen molar-refractivity contribution in [1.82, 2.24) is 5.32 Å². The number of hydrogen-bond acceptors (Lipinski definition) is 2. The molecule has 1 aromatic carbocycles. The highest BCUT2D eigenvalue weighted by molar-refractivity contribution is 5.57. The lowest BCUT2D eigenvalue weighted by Gasteiger charge is -2.27. The molecule has 1 N–H and O–H groups in total. The average molecular weight is 262 g/mol. The summed E-state index contributed by atoms with van der Waals surface area (Å²) in [6.45, 7) is 8.19. The summed E-state index contributed by atoms with van der Waals surface area (Å²) in [6.07, 6.45) is 6.34. The Kier molecular flexibility index (Phi) is 6.38. The van der Waals surface area contributed by atoms with Gasteiger partial charge in [-0.15, -0.1) is 6.42 Å². The SMILES string of the molecule is C#CCN(CCC)c1c(F)cccc1C(C)NCC. The van der Waals surface area contributed by atoms with Crippen LogP contribution in [0.1, 0.15) is 38.8 Å². The Morgan fingerprint density at radius 1 is 1.42 bits per heavy atom. The van der Waals surface area contributed by atoms with E-state index in [4.69, 9.17) is 6.42 Å². The van der Waals surface area contributed by atoms with Gasteiger partial charge in [0.2, 0.25) is 0 Å². The molecule has 1 aromatic rings. The first-order valence-electron chi connectivity index (χ1n) is 6.85. The summed E-state index contributed by atoms with van der Waals surface area (Å²) < 4.78 is 14.2. The van der Waals surface area contributed by atoms with E-state index in [2.05, 4.69) is 18.2 Å². The van der Waals surface area contributed by atoms with Crippen molar-refractivity contribution in [2.45, 2.75) is 33.2 Å². The quantitative estimate of drug-likeness (QED) is 0.758. The van der Waals surface area contributed by atoms with Crippen LogP contribution in [0.3, 0.4) is 0 Å². The molecule has 0 spiro atoms. The maximum atomic E-state index is 14.2. The van der Waals surface area contributed by atoms with E-state index in [1.165, 1.54) is 6.07 Å². The Bertz CT molecular complexity index is 437. The monoisotopic (exact) mass is 262 g/mol. The van der Waals surface area contributed by atoms with Gasteiger partial charge >= 0.3 is 0 Å². The number of halogens is 1. The van der Waals surface area contributed by atoms with Crippen molar-refractivity contribution >= 4 is 5.69 Å². The summed E-state index contributed by atoms with van der Waals surface area (Å²) in [6, 6.07) is 5.32. The van der Waals surface area contributed by atoms with E-state index in [0.29, 0.717) is 12.2 Å². The van der Waals surface area contributed by atoms with Crippen molar-refractivity contribution in [3.63, 3.8) is 0 Å². The van der Waals surface area contributed by atoms with Crippen LogP contribution in [0.2, 0.25) is 0 Å². The van der Waals surface area contributed by atoms with Crippen molar-refractivity contribution in [2.75, 3.05) is 24.5 Å². The number of rotatable bonds is 7. The Hall–Kier alpha value is -1.53. The molecule has 3 heteroatoms. The summed E-state index contributed by atoms with van der Waals surface area (Å²) in [5.74, 6) is 2.41. The predicted octanol–water partition coefficient (Wildman–Crippen LogP) is 3.35. The zero-order chi connectivity index (χ0) is 14.3. The van der Waals surface area contributed by atoms with Gasteiger partial charge in [-0.1, -0.05) is 31.9 Å². The van der Waals surface area contributed by atoms with Crippen LogP contribution in [-0.2, 0) is 0 Å². The highest BCUT2D eigenvalue weighted by atomic mass is 19.1. The highest BCUT2D eigenvalue weighted by Crippen LogP contribution is 2.29. The third kappa shape index (κ3) is 3.97. The molecule has 0 saturated heterocycles. The van der Waals surface area contributed by atoms with Crippen LogP contribution >= 0.6 is 0 Å². The van der Waals surface area contributed by atoms with Gasteiger partial charge < -0.3 is 10.2 Å². The van der Waals surface area contributed by atoms with E-state index >= 15 is 0 Å². The first-order chi connectivity index (χ1) is 9.15. The number of nitrogens with zero attached hydrogens (tertiary/aromatic N) is 1. The van der Waals surface area contributed by atoms with Crippen molar-refractivity contribution in [2.24, 2.45) is 0 Å². The van der Waals surface area contributed by atoms with Crippen LogP contribution < -0.4 is 10.2 Å². The normalized spacial score (nSPS) is 11.9. The summed E-state index contributed by atoms with van der Waals surface area (Å²) in [7, 11) is 0. The maximum absolute atomic E-state index is 14.2. The highest BCUT2D eigenvalue weighted by Gasteiger charge is 2.18. The van der Waals surface area contributed by atoms with Crippen LogP contribution in [0.5, 0.6) is 0 Å². The standard InChI is InChI=1S/C16H23FN2/c1-5-11-19(12-6-2)16-14(13(4)18-7-3)9-8-10-15(16)17/h1,8-10,13,18H,6-7,11-12H2,2-4H3. The van der Waals surface area contributed by atoms with Gasteiger partial charge in [0, 0.05) is 12.6 Å². The number of anilines is 1. The fourth-order valence-electron chi connectivity index (χ4n) is 2.28. The smallest absolute Gasteiger partial charge is 0.146 e. The van der Waals surface area contributed by atoms with Crippen molar-refractivity contribution in [3.8, 4) is 12.3 Å². The predicted molar refractivity (Wildman–Crippen MR) is 79.8 cm³/mol. The van der Waals surface area contributed by atoms with Crippen LogP contribution in [-0.4, -0.2) is 19.6 Å². The minimum atomic E-state index is -0.203. The fourth-order valence-corrected chi connectivity index (χ4v) is 2.28. The molecule has 1 rings (SSSR count). The van der Waals surface area contributed by atoms with Crippen LogP contribution in [0.4, 0.5) is 10.1 Å². The Morgan fingerprint density at radius 2 is 2.16 bits per heavy atom. The molecule has 0 saturated carbocycles. The first-order valence-corrected chi connectivity index (χ1v) is 6.85. The van der Waals surface area contributed by atoms with Gasteiger partial charge in [-0.25, -0.2) is 4.39 Å². The van der Waals surface area contributed by atoms with E-state index in [9.17, 15) is 4.39 Å². The molecular weight excluding hydrogens is 239 g/mol. The zero-order valence-corrected chi connectivity index (χ0v) is 12.0. The molecule has 0 bridgehead atoms. The number of para-hydroxylation sites is 1. The molecule has 19 heavy (non-hydrogen) atoms. The van der Waals surface area contributed by atoms with Crippen molar-refractivity contribution in [1.29, 1.82) is 0 Å². The van der Waals surface area contributed by atoms with Crippen molar-refractivity contribution < 1.29 is 4.39 Å². The second-order valence-corrected chi connectivity index (χ2v) is 4.58. The second-order valence-electron chi connectivity index (χ2n) is 4.58. The van der Waals surface area contributed by atoms with E-state index in [0.717, 1.165) is 25.1 Å². The molecule has 0 aliphatic rings. The summed E-state index contributed by atoms with van der Waals surface area (Å²) >= 11 is 0. The van der Waals surface area contributed by atoms with Crippen LogP contribution in [0.25, 0.3) is 0 Å². The maximum Gasteiger partial charge on any atom is 0.146 e. The van der Waals surface area contributed by atoms with E-state index in [1.807, 2.05) is 24.8 Å². The Labute approximate surface area is 116 Å². The third-order valence-corrected chi connectivity index (χ3v) is 3.09. The van der Waals surface area contributed by atoms with E-state index in [-0.39, 0.29) is 11.9 Å². The van der Waals surface area contributed by atoms with E-state index < -0.39 is 0 Å². The molecule has 0 fully saturated rings. The molecule has 104 valence electrons. The molecule has 2 nitrogen and oxygen atoms in total. The largest absolute Gasteiger partial charge is 0.358 e. The average Bonchev–Trinajstić information content (AvgIpc) is 2.38. The van der Waals surface area contributed by atoms with Gasteiger partial charge in [0.05, 0.1) is 12.2 Å². The topological polar surface area (TPSA) is 15.3 Å². The van der Waals surface area contributed by atoms with Crippen LogP contribution in [0, 0.1) is 18.2 Å². The molecular formula is C16H23FN2. The second kappa shape index (κ2) is 7.81. The lowest BCUT2D eigenvalue weighted by molar-refractivity contribution is 0.577. The molecule has 1 atom stereocenters. The van der Waals surface area contributed by atoms with Crippen molar-refractivity contribution in [3.05, 3.63) is 29.6 Å². The van der Waals surface area contributed by atoms with Gasteiger partial charge in [-0.05, 0) is 31.5 Å². The molecule has 0 radical (unpaired) electrons. The molecule has 1 unspecified atom stereocenters. The van der Waals surface area contributed by atoms with Gasteiger partial charge in [-0.3, -0.25) is 0 Å². The lowest BCUT2D eigenvalue weighted by atomic mass is 10.0. The lowest BCUT2D eigenvalue weighted by Crippen LogP contribution is -2.29. The van der Waals surface area contributed by atoms with Gasteiger partial charge in [0.1, 0.15) is 5.82 Å². The minimum absolute atomic E-state index is 0.104. The molecule has 0 aliphatic carbocycles. The molecule has 0 aliphatic heterocycles. The number of hydrogen-bond donors (Lipinski definition) is 1. The third-order valence-electron chi connectivity index (χ3n) is 3.09. The number of nitrogens with one attached hydrogen (secondary N) is 1. The molecule has 0 heterocycles. The molecule has 0 aromatic heterocycles.